The molecular formula is C20H15ClN2O2S. The van der Waals surface area contributed by atoms with E-state index in [9.17, 15) is 9.59 Å². The molecule has 1 heterocycles. The monoisotopic (exact) mass is 382 g/mol. The van der Waals surface area contributed by atoms with Crippen molar-refractivity contribution in [3.63, 3.8) is 0 Å². The molecule has 2 amide bonds. The number of carbonyl (C=O) groups excluding carboxylic acids is 2. The third kappa shape index (κ3) is 3.74. The van der Waals surface area contributed by atoms with Gasteiger partial charge in [0.05, 0.1) is 0 Å². The van der Waals surface area contributed by atoms with Crippen molar-refractivity contribution in [2.24, 2.45) is 0 Å². The van der Waals surface area contributed by atoms with Crippen molar-refractivity contribution >= 4 is 46.8 Å². The average Bonchev–Trinajstić information content (AvgIpc) is 2.63. The Morgan fingerprint density at radius 1 is 1.12 bits per heavy atom. The van der Waals surface area contributed by atoms with Crippen molar-refractivity contribution < 1.29 is 9.59 Å². The number of nitrogens with one attached hydrogen (secondary N) is 1. The number of hydrogen-bond acceptors (Lipinski definition) is 3. The van der Waals surface area contributed by atoms with Crippen LogP contribution >= 0.6 is 23.8 Å². The second-order valence-electron chi connectivity index (χ2n) is 5.65. The summed E-state index contributed by atoms with van der Waals surface area (Å²) in [6.07, 6.45) is 3.11. The van der Waals surface area contributed by atoms with Crippen LogP contribution in [0.1, 0.15) is 5.56 Å². The first kappa shape index (κ1) is 18.0. The molecule has 1 saturated heterocycles. The summed E-state index contributed by atoms with van der Waals surface area (Å²) in [4.78, 5) is 26.0. The largest absolute Gasteiger partial charge is 0.298 e. The van der Waals surface area contributed by atoms with Crippen LogP contribution in [0.5, 0.6) is 0 Å². The SMILES string of the molecule is C=CCN1C(=O)/C(=C/c2ccc(-c3cccc(Cl)c3)cc2)C(=O)NC1=S. The van der Waals surface area contributed by atoms with E-state index in [1.807, 2.05) is 48.5 Å². The molecule has 0 saturated carbocycles. The van der Waals surface area contributed by atoms with Gasteiger partial charge in [-0.1, -0.05) is 54.1 Å². The van der Waals surface area contributed by atoms with Gasteiger partial charge in [-0.05, 0) is 47.1 Å². The molecule has 2 aromatic rings. The number of halogens is 1. The van der Waals surface area contributed by atoms with E-state index in [-0.39, 0.29) is 17.2 Å². The first-order valence-corrected chi connectivity index (χ1v) is 8.64. The summed E-state index contributed by atoms with van der Waals surface area (Å²) >= 11 is 11.1. The minimum Gasteiger partial charge on any atom is -0.298 e. The zero-order valence-electron chi connectivity index (χ0n) is 13.7. The number of nitrogens with zero attached hydrogens (tertiary/aromatic N) is 1. The molecule has 1 fully saturated rings. The van der Waals surface area contributed by atoms with Crippen molar-refractivity contribution in [1.29, 1.82) is 0 Å². The highest BCUT2D eigenvalue weighted by atomic mass is 35.5. The van der Waals surface area contributed by atoms with Gasteiger partial charge in [0.2, 0.25) is 0 Å². The topological polar surface area (TPSA) is 49.4 Å². The maximum absolute atomic E-state index is 12.5. The minimum absolute atomic E-state index is 0.0379. The molecule has 130 valence electrons. The molecule has 3 rings (SSSR count). The summed E-state index contributed by atoms with van der Waals surface area (Å²) in [6, 6.07) is 15.0. The summed E-state index contributed by atoms with van der Waals surface area (Å²) < 4.78 is 0. The maximum Gasteiger partial charge on any atom is 0.265 e. The van der Waals surface area contributed by atoms with Crippen LogP contribution < -0.4 is 5.32 Å². The number of rotatable bonds is 4. The predicted octanol–water partition coefficient (Wildman–Crippen LogP) is 3.82. The van der Waals surface area contributed by atoms with Crippen molar-refractivity contribution in [1.82, 2.24) is 10.2 Å². The standard InChI is InChI=1S/C20H15ClN2O2S/c1-2-10-23-19(25)17(18(24)22-20(23)26)11-13-6-8-14(9-7-13)15-4-3-5-16(21)12-15/h2-9,11-12H,1,10H2,(H,22,24,26)/b17-11+. The molecule has 1 aliphatic rings. The van der Waals surface area contributed by atoms with Gasteiger partial charge in [0.25, 0.3) is 11.8 Å². The Morgan fingerprint density at radius 3 is 2.50 bits per heavy atom. The highest BCUT2D eigenvalue weighted by molar-refractivity contribution is 7.80. The fourth-order valence-corrected chi connectivity index (χ4v) is 3.04. The summed E-state index contributed by atoms with van der Waals surface area (Å²) in [6.45, 7) is 3.84. The lowest BCUT2D eigenvalue weighted by molar-refractivity contribution is -0.128. The molecule has 0 bridgehead atoms. The average molecular weight is 383 g/mol. The number of hydrogen-bond donors (Lipinski definition) is 1. The Labute approximate surface area is 161 Å². The Balaban J connectivity index is 1.89. The number of carbonyl (C=O) groups is 2. The molecule has 0 spiro atoms. The normalized spacial score (nSPS) is 16.0. The first-order chi connectivity index (χ1) is 12.5. The second-order valence-corrected chi connectivity index (χ2v) is 6.48. The van der Waals surface area contributed by atoms with E-state index < -0.39 is 11.8 Å². The third-order valence-electron chi connectivity index (χ3n) is 3.88. The van der Waals surface area contributed by atoms with Gasteiger partial charge in [-0.3, -0.25) is 19.8 Å². The van der Waals surface area contributed by atoms with Crippen LogP contribution in [0.15, 0.2) is 66.8 Å². The first-order valence-electron chi connectivity index (χ1n) is 7.85. The van der Waals surface area contributed by atoms with Crippen LogP contribution in [-0.4, -0.2) is 28.4 Å². The Morgan fingerprint density at radius 2 is 1.85 bits per heavy atom. The van der Waals surface area contributed by atoms with Crippen LogP contribution in [0, 0.1) is 0 Å². The lowest BCUT2D eigenvalue weighted by Gasteiger charge is -2.27. The van der Waals surface area contributed by atoms with Crippen molar-refractivity contribution in [2.45, 2.75) is 0 Å². The van der Waals surface area contributed by atoms with E-state index in [1.54, 1.807) is 12.2 Å². The molecule has 6 heteroatoms. The molecule has 0 atom stereocenters. The van der Waals surface area contributed by atoms with Gasteiger partial charge in [0.15, 0.2) is 5.11 Å². The van der Waals surface area contributed by atoms with Gasteiger partial charge in [-0.25, -0.2) is 0 Å². The van der Waals surface area contributed by atoms with E-state index >= 15 is 0 Å². The van der Waals surface area contributed by atoms with Gasteiger partial charge < -0.3 is 0 Å². The van der Waals surface area contributed by atoms with Gasteiger partial charge in [-0.15, -0.1) is 6.58 Å². The number of benzene rings is 2. The molecule has 1 N–H and O–H groups in total. The molecule has 0 unspecified atom stereocenters. The summed E-state index contributed by atoms with van der Waals surface area (Å²) in [5.41, 5.74) is 2.76. The Kier molecular flexibility index (Phi) is 5.30. The molecule has 0 aromatic heterocycles. The minimum atomic E-state index is -0.501. The van der Waals surface area contributed by atoms with Crippen LogP contribution in [0.25, 0.3) is 17.2 Å². The highest BCUT2D eigenvalue weighted by Crippen LogP contribution is 2.24. The van der Waals surface area contributed by atoms with Gasteiger partial charge in [-0.2, -0.15) is 0 Å². The zero-order chi connectivity index (χ0) is 18.7. The fourth-order valence-electron chi connectivity index (χ4n) is 2.60. The van der Waals surface area contributed by atoms with Crippen LogP contribution in [0.3, 0.4) is 0 Å². The Bertz CT molecular complexity index is 935. The van der Waals surface area contributed by atoms with Crippen LogP contribution in [0.2, 0.25) is 5.02 Å². The number of amides is 2. The van der Waals surface area contributed by atoms with E-state index in [1.165, 1.54) is 4.90 Å². The summed E-state index contributed by atoms with van der Waals surface area (Å²) in [7, 11) is 0. The summed E-state index contributed by atoms with van der Waals surface area (Å²) in [5.74, 6) is -0.934. The molecule has 26 heavy (non-hydrogen) atoms. The van der Waals surface area contributed by atoms with Crippen molar-refractivity contribution in [3.8, 4) is 11.1 Å². The van der Waals surface area contributed by atoms with E-state index in [4.69, 9.17) is 23.8 Å². The predicted molar refractivity (Wildman–Crippen MR) is 108 cm³/mol. The number of thiocarbonyl (C=S) groups is 1. The van der Waals surface area contributed by atoms with Crippen LogP contribution in [-0.2, 0) is 9.59 Å². The van der Waals surface area contributed by atoms with E-state index in [2.05, 4.69) is 11.9 Å². The lowest BCUT2D eigenvalue weighted by atomic mass is 10.0. The van der Waals surface area contributed by atoms with Gasteiger partial charge in [0, 0.05) is 11.6 Å². The van der Waals surface area contributed by atoms with E-state index in [0.717, 1.165) is 16.7 Å². The molecule has 0 aliphatic carbocycles. The molecular weight excluding hydrogens is 368 g/mol. The quantitative estimate of drug-likeness (QED) is 0.378. The second kappa shape index (κ2) is 7.64. The van der Waals surface area contributed by atoms with Gasteiger partial charge in [0.1, 0.15) is 5.57 Å². The summed E-state index contributed by atoms with van der Waals surface area (Å²) in [5, 5.41) is 3.28. The van der Waals surface area contributed by atoms with Crippen molar-refractivity contribution in [2.75, 3.05) is 6.54 Å². The van der Waals surface area contributed by atoms with E-state index in [0.29, 0.717) is 5.02 Å². The highest BCUT2D eigenvalue weighted by Gasteiger charge is 2.32. The van der Waals surface area contributed by atoms with Crippen LogP contribution in [0.4, 0.5) is 0 Å². The lowest BCUT2D eigenvalue weighted by Crippen LogP contribution is -2.53. The zero-order valence-corrected chi connectivity index (χ0v) is 15.3. The fraction of sp³-hybridized carbons (Fsp3) is 0.0500. The Hall–Kier alpha value is -2.76. The van der Waals surface area contributed by atoms with Gasteiger partial charge >= 0.3 is 0 Å². The molecule has 1 aliphatic heterocycles. The molecule has 0 radical (unpaired) electrons. The maximum atomic E-state index is 12.5. The third-order valence-corrected chi connectivity index (χ3v) is 4.43. The smallest absolute Gasteiger partial charge is 0.265 e. The molecule has 4 nitrogen and oxygen atoms in total. The molecule has 2 aromatic carbocycles. The van der Waals surface area contributed by atoms with Crippen molar-refractivity contribution in [3.05, 3.63) is 77.3 Å².